The molecule has 1 aromatic carbocycles. The van der Waals surface area contributed by atoms with E-state index in [0.29, 0.717) is 18.3 Å². The van der Waals surface area contributed by atoms with Crippen molar-refractivity contribution in [3.05, 3.63) is 29.8 Å². The highest BCUT2D eigenvalue weighted by atomic mass is 16.5. The van der Waals surface area contributed by atoms with Crippen LogP contribution in [0.4, 0.5) is 0 Å². The molecule has 1 saturated heterocycles. The Morgan fingerprint density at radius 2 is 2.14 bits per heavy atom. The number of ether oxygens (including phenoxy) is 2. The van der Waals surface area contributed by atoms with E-state index in [0.717, 1.165) is 12.0 Å². The van der Waals surface area contributed by atoms with Crippen molar-refractivity contribution in [2.75, 3.05) is 13.2 Å². The van der Waals surface area contributed by atoms with Gasteiger partial charge in [-0.2, -0.15) is 0 Å². The number of aliphatic hydroxyl groups is 3. The number of aliphatic hydroxyl groups excluding tert-OH is 3. The Labute approximate surface area is 131 Å². The minimum absolute atomic E-state index is 0.176. The lowest BCUT2D eigenvalue weighted by Gasteiger charge is -2.36. The van der Waals surface area contributed by atoms with E-state index >= 15 is 0 Å². The summed E-state index contributed by atoms with van der Waals surface area (Å²) in [4.78, 5) is 0. The van der Waals surface area contributed by atoms with Crippen LogP contribution in [0.3, 0.4) is 0 Å². The van der Waals surface area contributed by atoms with Gasteiger partial charge in [-0.05, 0) is 23.6 Å². The zero-order valence-corrected chi connectivity index (χ0v) is 13.2. The maximum Gasteiger partial charge on any atom is 0.119 e. The normalized spacial score (nSPS) is 30.0. The SMILES string of the molecule is CCC(C)COc1cccc(C2O[C@H](CO)C[C@H](O)[C@@H]2O)c1. The summed E-state index contributed by atoms with van der Waals surface area (Å²) in [6, 6.07) is 7.35. The molecular weight excluding hydrogens is 284 g/mol. The van der Waals surface area contributed by atoms with E-state index in [2.05, 4.69) is 13.8 Å². The molecule has 1 fully saturated rings. The highest BCUT2D eigenvalue weighted by molar-refractivity contribution is 5.31. The second-order valence-corrected chi connectivity index (χ2v) is 6.05. The monoisotopic (exact) mass is 310 g/mol. The van der Waals surface area contributed by atoms with Crippen LogP contribution >= 0.6 is 0 Å². The van der Waals surface area contributed by atoms with Crippen LogP contribution in [0.15, 0.2) is 24.3 Å². The molecule has 0 amide bonds. The van der Waals surface area contributed by atoms with Crippen LogP contribution in [0, 0.1) is 5.92 Å². The van der Waals surface area contributed by atoms with Gasteiger partial charge < -0.3 is 24.8 Å². The molecule has 22 heavy (non-hydrogen) atoms. The highest BCUT2D eigenvalue weighted by Crippen LogP contribution is 2.33. The van der Waals surface area contributed by atoms with Crippen molar-refractivity contribution < 1.29 is 24.8 Å². The van der Waals surface area contributed by atoms with Gasteiger partial charge >= 0.3 is 0 Å². The topological polar surface area (TPSA) is 79.2 Å². The summed E-state index contributed by atoms with van der Waals surface area (Å²) >= 11 is 0. The van der Waals surface area contributed by atoms with Gasteiger partial charge in [-0.1, -0.05) is 32.4 Å². The zero-order chi connectivity index (χ0) is 16.1. The van der Waals surface area contributed by atoms with Gasteiger partial charge in [-0.3, -0.25) is 0 Å². The molecule has 1 heterocycles. The minimum Gasteiger partial charge on any atom is -0.493 e. The molecule has 5 nitrogen and oxygen atoms in total. The molecule has 0 aromatic heterocycles. The van der Waals surface area contributed by atoms with Crippen molar-refractivity contribution in [2.45, 2.75) is 51.1 Å². The molecule has 0 bridgehead atoms. The lowest BCUT2D eigenvalue weighted by molar-refractivity contribution is -0.179. The molecule has 3 N–H and O–H groups in total. The average molecular weight is 310 g/mol. The number of hydrogen-bond donors (Lipinski definition) is 3. The molecule has 5 atom stereocenters. The van der Waals surface area contributed by atoms with Gasteiger partial charge in [0.2, 0.25) is 0 Å². The summed E-state index contributed by atoms with van der Waals surface area (Å²) in [7, 11) is 0. The lowest BCUT2D eigenvalue weighted by atomic mass is 9.93. The first-order valence-electron chi connectivity index (χ1n) is 7.90. The van der Waals surface area contributed by atoms with Gasteiger partial charge in [-0.25, -0.2) is 0 Å². The first-order valence-corrected chi connectivity index (χ1v) is 7.90. The Hall–Kier alpha value is -1.14. The zero-order valence-electron chi connectivity index (χ0n) is 13.2. The molecular formula is C17H26O5. The third-order valence-electron chi connectivity index (χ3n) is 4.17. The minimum atomic E-state index is -1.01. The maximum absolute atomic E-state index is 10.2. The quantitative estimate of drug-likeness (QED) is 0.744. The summed E-state index contributed by atoms with van der Waals surface area (Å²) < 4.78 is 11.4. The molecule has 1 aromatic rings. The Morgan fingerprint density at radius 3 is 2.82 bits per heavy atom. The van der Waals surface area contributed by atoms with E-state index in [9.17, 15) is 15.3 Å². The van der Waals surface area contributed by atoms with E-state index in [4.69, 9.17) is 9.47 Å². The third kappa shape index (κ3) is 4.20. The van der Waals surface area contributed by atoms with Gasteiger partial charge in [0.1, 0.15) is 18.0 Å². The third-order valence-corrected chi connectivity index (χ3v) is 4.17. The number of benzene rings is 1. The fourth-order valence-corrected chi connectivity index (χ4v) is 2.48. The molecule has 5 heteroatoms. The molecule has 0 aliphatic carbocycles. The number of rotatable bonds is 6. The van der Waals surface area contributed by atoms with Crippen LogP contribution in [0.1, 0.15) is 38.4 Å². The summed E-state index contributed by atoms with van der Waals surface area (Å²) in [6.45, 7) is 4.70. The smallest absolute Gasteiger partial charge is 0.119 e. The van der Waals surface area contributed by atoms with E-state index in [1.54, 1.807) is 0 Å². The van der Waals surface area contributed by atoms with Crippen molar-refractivity contribution in [3.8, 4) is 5.75 Å². The fourth-order valence-electron chi connectivity index (χ4n) is 2.48. The van der Waals surface area contributed by atoms with Crippen molar-refractivity contribution in [3.63, 3.8) is 0 Å². The molecule has 1 aliphatic heterocycles. The molecule has 124 valence electrons. The largest absolute Gasteiger partial charge is 0.493 e. The molecule has 2 rings (SSSR count). The molecule has 0 saturated carbocycles. The van der Waals surface area contributed by atoms with Crippen LogP contribution in [0.5, 0.6) is 5.75 Å². The predicted molar refractivity (Wildman–Crippen MR) is 82.7 cm³/mol. The van der Waals surface area contributed by atoms with E-state index in [1.807, 2.05) is 24.3 Å². The summed E-state index contributed by atoms with van der Waals surface area (Å²) in [5, 5.41) is 29.3. The molecule has 0 spiro atoms. The fraction of sp³-hybridized carbons (Fsp3) is 0.647. The van der Waals surface area contributed by atoms with Crippen LogP contribution in [0.25, 0.3) is 0 Å². The van der Waals surface area contributed by atoms with Gasteiger partial charge in [0.15, 0.2) is 0 Å². The maximum atomic E-state index is 10.2. The van der Waals surface area contributed by atoms with Gasteiger partial charge in [-0.15, -0.1) is 0 Å². The van der Waals surface area contributed by atoms with Crippen LogP contribution in [0.2, 0.25) is 0 Å². The molecule has 2 unspecified atom stereocenters. The highest BCUT2D eigenvalue weighted by Gasteiger charge is 2.37. The number of hydrogen-bond acceptors (Lipinski definition) is 5. The Bertz CT molecular complexity index is 464. The van der Waals surface area contributed by atoms with E-state index < -0.39 is 24.4 Å². The van der Waals surface area contributed by atoms with Crippen molar-refractivity contribution in [1.29, 1.82) is 0 Å². The Kier molecular flexibility index (Phi) is 6.20. The first kappa shape index (κ1) is 17.2. The van der Waals surface area contributed by atoms with E-state index in [-0.39, 0.29) is 13.0 Å². The predicted octanol–water partition coefficient (Wildman–Crippen LogP) is 1.66. The Balaban J connectivity index is 2.10. The van der Waals surface area contributed by atoms with Crippen LogP contribution < -0.4 is 4.74 Å². The summed E-state index contributed by atoms with van der Waals surface area (Å²) in [5.41, 5.74) is 0.742. The van der Waals surface area contributed by atoms with E-state index in [1.165, 1.54) is 0 Å². The average Bonchev–Trinajstić information content (AvgIpc) is 2.55. The summed E-state index contributed by atoms with van der Waals surface area (Å²) in [5.74, 6) is 1.19. The molecule has 1 aliphatic rings. The van der Waals surface area contributed by atoms with Crippen LogP contribution in [-0.4, -0.2) is 46.8 Å². The van der Waals surface area contributed by atoms with Crippen LogP contribution in [-0.2, 0) is 4.74 Å². The van der Waals surface area contributed by atoms with Gasteiger partial charge in [0.05, 0.1) is 25.4 Å². The summed E-state index contributed by atoms with van der Waals surface area (Å²) in [6.07, 6.45) is -1.75. The first-order chi connectivity index (χ1) is 10.5. The standard InChI is InChI=1S/C17H26O5/c1-3-11(2)10-21-13-6-4-5-12(7-13)17-16(20)15(19)8-14(9-18)22-17/h4-7,11,14-20H,3,8-10H2,1-2H3/t11?,14-,15-,16-,17?/m0/s1. The van der Waals surface area contributed by atoms with Crippen molar-refractivity contribution >= 4 is 0 Å². The van der Waals surface area contributed by atoms with Gasteiger partial charge in [0.25, 0.3) is 0 Å². The second-order valence-electron chi connectivity index (χ2n) is 6.05. The van der Waals surface area contributed by atoms with Crippen molar-refractivity contribution in [1.82, 2.24) is 0 Å². The second kappa shape index (κ2) is 7.92. The Morgan fingerprint density at radius 1 is 1.36 bits per heavy atom. The molecule has 0 radical (unpaired) electrons. The van der Waals surface area contributed by atoms with Crippen molar-refractivity contribution in [2.24, 2.45) is 5.92 Å². The van der Waals surface area contributed by atoms with Gasteiger partial charge in [0, 0.05) is 6.42 Å². The lowest BCUT2D eigenvalue weighted by Crippen LogP contribution is -2.44.